The summed E-state index contributed by atoms with van der Waals surface area (Å²) in [4.78, 5) is 22.9. The Labute approximate surface area is 144 Å². The maximum absolute atomic E-state index is 11.6. The molecule has 128 valence electrons. The normalized spacial score (nSPS) is 13.3. The highest BCUT2D eigenvalue weighted by Crippen LogP contribution is 2.38. The van der Waals surface area contributed by atoms with E-state index in [1.807, 2.05) is 18.2 Å². The molecule has 0 saturated carbocycles. The lowest BCUT2D eigenvalue weighted by molar-refractivity contribution is -0.140. The average molecular weight is 336 g/mol. The van der Waals surface area contributed by atoms with Crippen molar-refractivity contribution in [3.63, 3.8) is 0 Å². The van der Waals surface area contributed by atoms with Crippen molar-refractivity contribution in [2.75, 3.05) is 12.9 Å². The maximum Gasteiger partial charge on any atom is 0.306 e. The number of benzene rings is 1. The second-order valence-electron chi connectivity index (χ2n) is 5.68. The molecular formula is C19H28O3S. The van der Waals surface area contributed by atoms with Crippen molar-refractivity contribution >= 4 is 24.0 Å². The second kappa shape index (κ2) is 12.2. The SMILES string of the molecule is CCCCCCC(C=O)C(SCCC(=O)OC)c1ccccc1. The summed E-state index contributed by atoms with van der Waals surface area (Å²) in [7, 11) is 1.41. The van der Waals surface area contributed by atoms with Crippen LogP contribution in [-0.2, 0) is 14.3 Å². The molecule has 3 nitrogen and oxygen atoms in total. The van der Waals surface area contributed by atoms with Gasteiger partial charge in [-0.25, -0.2) is 0 Å². The molecule has 0 spiro atoms. The lowest BCUT2D eigenvalue weighted by Crippen LogP contribution is -2.13. The first-order chi connectivity index (χ1) is 11.2. The van der Waals surface area contributed by atoms with Crippen LogP contribution in [0.25, 0.3) is 0 Å². The Morgan fingerprint density at radius 1 is 1.22 bits per heavy atom. The molecule has 0 bridgehead atoms. The summed E-state index contributed by atoms with van der Waals surface area (Å²) in [6, 6.07) is 10.1. The summed E-state index contributed by atoms with van der Waals surface area (Å²) < 4.78 is 4.69. The van der Waals surface area contributed by atoms with Gasteiger partial charge in [0.2, 0.25) is 0 Å². The predicted octanol–water partition coefficient (Wildman–Crippen LogP) is 4.81. The van der Waals surface area contributed by atoms with E-state index < -0.39 is 0 Å². The maximum atomic E-state index is 11.6. The van der Waals surface area contributed by atoms with Crippen LogP contribution in [0.5, 0.6) is 0 Å². The van der Waals surface area contributed by atoms with E-state index in [1.165, 1.54) is 26.4 Å². The monoisotopic (exact) mass is 336 g/mol. The van der Waals surface area contributed by atoms with Gasteiger partial charge in [0.15, 0.2) is 0 Å². The number of carbonyl (C=O) groups excluding carboxylic acids is 2. The molecule has 2 atom stereocenters. The lowest BCUT2D eigenvalue weighted by Gasteiger charge is -2.23. The van der Waals surface area contributed by atoms with Crippen LogP contribution in [0.2, 0.25) is 0 Å². The van der Waals surface area contributed by atoms with Crippen LogP contribution in [0.1, 0.15) is 56.3 Å². The van der Waals surface area contributed by atoms with E-state index in [1.54, 1.807) is 11.8 Å². The molecule has 23 heavy (non-hydrogen) atoms. The molecule has 0 radical (unpaired) electrons. The minimum atomic E-state index is -0.199. The van der Waals surface area contributed by atoms with Gasteiger partial charge < -0.3 is 9.53 Å². The van der Waals surface area contributed by atoms with Gasteiger partial charge in [0.05, 0.1) is 13.5 Å². The first kappa shape index (κ1) is 19.8. The first-order valence-corrected chi connectivity index (χ1v) is 9.46. The van der Waals surface area contributed by atoms with Crippen LogP contribution >= 0.6 is 11.8 Å². The highest BCUT2D eigenvalue weighted by atomic mass is 32.2. The van der Waals surface area contributed by atoms with Gasteiger partial charge in [-0.2, -0.15) is 11.8 Å². The highest BCUT2D eigenvalue weighted by Gasteiger charge is 2.23. The summed E-state index contributed by atoms with van der Waals surface area (Å²) in [5, 5.41) is 0.111. The smallest absolute Gasteiger partial charge is 0.306 e. The van der Waals surface area contributed by atoms with Gasteiger partial charge in [-0.3, -0.25) is 4.79 Å². The van der Waals surface area contributed by atoms with Crippen LogP contribution < -0.4 is 0 Å². The van der Waals surface area contributed by atoms with Crippen LogP contribution in [0, 0.1) is 5.92 Å². The van der Waals surface area contributed by atoms with Crippen molar-refractivity contribution in [3.8, 4) is 0 Å². The Morgan fingerprint density at radius 3 is 2.57 bits per heavy atom. The average Bonchev–Trinajstić information content (AvgIpc) is 2.60. The first-order valence-electron chi connectivity index (χ1n) is 8.41. The van der Waals surface area contributed by atoms with Crippen LogP contribution in [0.4, 0.5) is 0 Å². The van der Waals surface area contributed by atoms with E-state index in [0.29, 0.717) is 12.2 Å². The Hall–Kier alpha value is -1.29. The van der Waals surface area contributed by atoms with Gasteiger partial charge >= 0.3 is 5.97 Å². The number of aldehydes is 1. The van der Waals surface area contributed by atoms with E-state index >= 15 is 0 Å². The zero-order valence-electron chi connectivity index (χ0n) is 14.2. The zero-order chi connectivity index (χ0) is 16.9. The van der Waals surface area contributed by atoms with Gasteiger partial charge in [0.1, 0.15) is 6.29 Å². The van der Waals surface area contributed by atoms with E-state index in [0.717, 1.165) is 24.7 Å². The zero-order valence-corrected chi connectivity index (χ0v) is 15.0. The molecule has 2 unspecified atom stereocenters. The summed E-state index contributed by atoms with van der Waals surface area (Å²) >= 11 is 1.68. The molecule has 1 aromatic rings. The standard InChI is InChI=1S/C19H28O3S/c1-3-4-5-7-12-17(15-20)19(16-10-8-6-9-11-16)23-14-13-18(21)22-2/h6,8-11,15,17,19H,3-5,7,12-14H2,1-2H3. The molecule has 0 aliphatic carbocycles. The van der Waals surface area contributed by atoms with Crippen molar-refractivity contribution in [3.05, 3.63) is 35.9 Å². The number of hydrogen-bond acceptors (Lipinski definition) is 4. The Balaban J connectivity index is 2.68. The largest absolute Gasteiger partial charge is 0.469 e. The van der Waals surface area contributed by atoms with Crippen LogP contribution in [0.3, 0.4) is 0 Å². The van der Waals surface area contributed by atoms with Crippen molar-refractivity contribution in [1.82, 2.24) is 0 Å². The molecule has 1 rings (SSSR count). The molecule has 0 amide bonds. The molecule has 0 fully saturated rings. The van der Waals surface area contributed by atoms with E-state index in [-0.39, 0.29) is 17.1 Å². The van der Waals surface area contributed by atoms with Crippen molar-refractivity contribution in [2.24, 2.45) is 5.92 Å². The summed E-state index contributed by atoms with van der Waals surface area (Å²) in [6.07, 6.45) is 7.06. The number of rotatable bonds is 12. The molecule has 0 saturated heterocycles. The van der Waals surface area contributed by atoms with E-state index in [2.05, 4.69) is 19.1 Å². The highest BCUT2D eigenvalue weighted by molar-refractivity contribution is 7.99. The van der Waals surface area contributed by atoms with Crippen molar-refractivity contribution in [1.29, 1.82) is 0 Å². The third-order valence-electron chi connectivity index (χ3n) is 3.91. The van der Waals surface area contributed by atoms with Crippen molar-refractivity contribution < 1.29 is 14.3 Å². The molecule has 4 heteroatoms. The fourth-order valence-electron chi connectivity index (χ4n) is 2.58. The predicted molar refractivity (Wildman–Crippen MR) is 96.6 cm³/mol. The number of ether oxygens (including phenoxy) is 1. The summed E-state index contributed by atoms with van der Waals surface area (Å²) in [5.74, 6) is 0.470. The minimum absolute atomic E-state index is 0.00287. The Kier molecular flexibility index (Phi) is 10.5. The molecule has 0 aromatic heterocycles. The molecule has 0 aliphatic heterocycles. The second-order valence-corrected chi connectivity index (χ2v) is 6.93. The fraction of sp³-hybridized carbons (Fsp3) is 0.579. The van der Waals surface area contributed by atoms with Crippen LogP contribution in [0.15, 0.2) is 30.3 Å². The Morgan fingerprint density at radius 2 is 1.96 bits per heavy atom. The third kappa shape index (κ3) is 7.69. The number of thioether (sulfide) groups is 1. The van der Waals surface area contributed by atoms with E-state index in [9.17, 15) is 9.59 Å². The number of unbranched alkanes of at least 4 members (excludes halogenated alkanes) is 3. The topological polar surface area (TPSA) is 43.4 Å². The third-order valence-corrected chi connectivity index (χ3v) is 5.33. The van der Waals surface area contributed by atoms with Gasteiger partial charge in [0.25, 0.3) is 0 Å². The molecule has 0 heterocycles. The molecule has 1 aromatic carbocycles. The summed E-state index contributed by atoms with van der Waals surface area (Å²) in [6.45, 7) is 2.19. The fourth-order valence-corrected chi connectivity index (χ4v) is 3.91. The lowest BCUT2D eigenvalue weighted by atomic mass is 9.94. The number of esters is 1. The molecule has 0 aliphatic rings. The molecule has 0 N–H and O–H groups in total. The molecular weight excluding hydrogens is 308 g/mol. The number of hydrogen-bond donors (Lipinski definition) is 0. The van der Waals surface area contributed by atoms with E-state index in [4.69, 9.17) is 4.74 Å². The quantitative estimate of drug-likeness (QED) is 0.312. The van der Waals surface area contributed by atoms with Crippen molar-refractivity contribution in [2.45, 2.75) is 50.7 Å². The van der Waals surface area contributed by atoms with Gasteiger partial charge in [-0.15, -0.1) is 0 Å². The summed E-state index contributed by atoms with van der Waals surface area (Å²) in [5.41, 5.74) is 1.16. The van der Waals surface area contributed by atoms with Gasteiger partial charge in [0, 0.05) is 16.9 Å². The Bertz CT molecular complexity index is 447. The van der Waals surface area contributed by atoms with Gasteiger partial charge in [-0.05, 0) is 12.0 Å². The number of carbonyl (C=O) groups is 2. The minimum Gasteiger partial charge on any atom is -0.469 e. The number of methoxy groups -OCH3 is 1. The van der Waals surface area contributed by atoms with Crippen LogP contribution in [-0.4, -0.2) is 25.1 Å². The van der Waals surface area contributed by atoms with Gasteiger partial charge in [-0.1, -0.05) is 62.9 Å².